The molecule has 0 saturated heterocycles. The van der Waals surface area contributed by atoms with Crippen LogP contribution in [-0.4, -0.2) is 18.4 Å². The lowest BCUT2D eigenvalue weighted by molar-refractivity contribution is 0.373. The van der Waals surface area contributed by atoms with Gasteiger partial charge in [-0.1, -0.05) is 18.2 Å². The maximum atomic E-state index is 9.89. The zero-order valence-electron chi connectivity index (χ0n) is 10.9. The van der Waals surface area contributed by atoms with Crippen LogP contribution in [0.2, 0.25) is 0 Å². The van der Waals surface area contributed by atoms with Gasteiger partial charge >= 0.3 is 0 Å². The Morgan fingerprint density at radius 1 is 1.21 bits per heavy atom. The molecule has 0 aliphatic rings. The summed E-state index contributed by atoms with van der Waals surface area (Å²) in [7, 11) is 1.51. The number of para-hydroxylation sites is 1. The second-order valence-electron chi connectivity index (χ2n) is 4.14. The van der Waals surface area contributed by atoms with Crippen LogP contribution in [-0.2, 0) is 0 Å². The smallest absolute Gasteiger partial charge is 0.166 e. The molecule has 0 spiro atoms. The molecule has 19 heavy (non-hydrogen) atoms. The molecule has 0 amide bonds. The van der Waals surface area contributed by atoms with Crippen molar-refractivity contribution >= 4 is 11.9 Å². The number of phenolic OH excluding ortho intramolecular Hbond substituents is 1. The average molecular weight is 256 g/mol. The molecule has 0 atom stereocenters. The summed E-state index contributed by atoms with van der Waals surface area (Å²) in [6.07, 6.45) is 1.56. The van der Waals surface area contributed by atoms with Gasteiger partial charge in [-0.3, -0.25) is 5.43 Å². The van der Waals surface area contributed by atoms with Crippen LogP contribution in [0.3, 0.4) is 0 Å². The lowest BCUT2D eigenvalue weighted by Crippen LogP contribution is -1.92. The van der Waals surface area contributed by atoms with E-state index in [0.717, 1.165) is 11.3 Å². The number of hydrogen-bond acceptors (Lipinski definition) is 4. The van der Waals surface area contributed by atoms with Gasteiger partial charge < -0.3 is 9.84 Å². The number of methoxy groups -OCH3 is 1. The van der Waals surface area contributed by atoms with E-state index in [9.17, 15) is 5.11 Å². The van der Waals surface area contributed by atoms with Gasteiger partial charge in [0.2, 0.25) is 0 Å². The van der Waals surface area contributed by atoms with Gasteiger partial charge in [-0.25, -0.2) is 0 Å². The molecule has 0 aliphatic heterocycles. The minimum Gasteiger partial charge on any atom is -0.504 e. The third-order valence-electron chi connectivity index (χ3n) is 2.67. The number of rotatable bonds is 4. The Kier molecular flexibility index (Phi) is 4.03. The van der Waals surface area contributed by atoms with E-state index >= 15 is 0 Å². The van der Waals surface area contributed by atoms with Crippen molar-refractivity contribution in [1.82, 2.24) is 0 Å². The van der Waals surface area contributed by atoms with E-state index in [0.29, 0.717) is 11.3 Å². The molecule has 0 saturated carbocycles. The van der Waals surface area contributed by atoms with Crippen LogP contribution < -0.4 is 10.2 Å². The zero-order chi connectivity index (χ0) is 13.7. The first-order chi connectivity index (χ1) is 9.20. The van der Waals surface area contributed by atoms with Gasteiger partial charge in [0.15, 0.2) is 11.5 Å². The summed E-state index contributed by atoms with van der Waals surface area (Å²) >= 11 is 0. The van der Waals surface area contributed by atoms with Crippen molar-refractivity contribution in [1.29, 1.82) is 0 Å². The summed E-state index contributed by atoms with van der Waals surface area (Å²) in [5, 5.41) is 14.0. The summed E-state index contributed by atoms with van der Waals surface area (Å²) in [4.78, 5) is 0. The number of phenols is 1. The maximum Gasteiger partial charge on any atom is 0.166 e. The van der Waals surface area contributed by atoms with Crippen LogP contribution in [0, 0.1) is 6.92 Å². The molecule has 2 aromatic carbocycles. The van der Waals surface area contributed by atoms with Crippen molar-refractivity contribution in [3.05, 3.63) is 53.6 Å². The van der Waals surface area contributed by atoms with Crippen molar-refractivity contribution < 1.29 is 9.84 Å². The highest BCUT2D eigenvalue weighted by atomic mass is 16.5. The van der Waals surface area contributed by atoms with Crippen molar-refractivity contribution in [2.24, 2.45) is 5.10 Å². The van der Waals surface area contributed by atoms with Crippen LogP contribution in [0.1, 0.15) is 11.1 Å². The number of ether oxygens (including phenoxy) is 1. The van der Waals surface area contributed by atoms with E-state index < -0.39 is 0 Å². The lowest BCUT2D eigenvalue weighted by Gasteiger charge is -2.05. The Bertz CT molecular complexity index is 594. The number of nitrogens with zero attached hydrogens (tertiary/aromatic N) is 1. The zero-order valence-corrected chi connectivity index (χ0v) is 10.9. The highest BCUT2D eigenvalue weighted by Gasteiger charge is 2.04. The molecular formula is C15H16N2O2. The molecule has 4 heteroatoms. The summed E-state index contributed by atoms with van der Waals surface area (Å²) in [6, 6.07) is 13.1. The molecule has 98 valence electrons. The predicted molar refractivity (Wildman–Crippen MR) is 77.1 cm³/mol. The van der Waals surface area contributed by atoms with Gasteiger partial charge in [0, 0.05) is 5.56 Å². The molecule has 0 heterocycles. The Balaban J connectivity index is 2.11. The minimum atomic E-state index is 0.0831. The molecule has 0 aliphatic carbocycles. The highest BCUT2D eigenvalue weighted by molar-refractivity contribution is 5.85. The Morgan fingerprint density at radius 3 is 2.74 bits per heavy atom. The van der Waals surface area contributed by atoms with E-state index in [4.69, 9.17) is 4.74 Å². The predicted octanol–water partition coefficient (Wildman–Crippen LogP) is 3.16. The lowest BCUT2D eigenvalue weighted by atomic mass is 10.2. The van der Waals surface area contributed by atoms with E-state index in [-0.39, 0.29) is 5.75 Å². The van der Waals surface area contributed by atoms with E-state index in [1.807, 2.05) is 31.2 Å². The van der Waals surface area contributed by atoms with Crippen LogP contribution in [0.5, 0.6) is 11.5 Å². The minimum absolute atomic E-state index is 0.0831. The Hall–Kier alpha value is -2.49. The fourth-order valence-corrected chi connectivity index (χ4v) is 1.70. The summed E-state index contributed by atoms with van der Waals surface area (Å²) in [5.41, 5.74) is 5.57. The van der Waals surface area contributed by atoms with Gasteiger partial charge in [-0.2, -0.15) is 5.10 Å². The first-order valence-corrected chi connectivity index (χ1v) is 5.92. The average Bonchev–Trinajstić information content (AvgIpc) is 2.41. The van der Waals surface area contributed by atoms with Gasteiger partial charge in [0.25, 0.3) is 0 Å². The molecule has 0 unspecified atom stereocenters. The van der Waals surface area contributed by atoms with E-state index in [1.54, 1.807) is 24.4 Å². The van der Waals surface area contributed by atoms with Gasteiger partial charge in [0.05, 0.1) is 19.0 Å². The first kappa shape index (κ1) is 13.0. The quantitative estimate of drug-likeness (QED) is 0.652. The molecule has 2 N–H and O–H groups in total. The Morgan fingerprint density at radius 2 is 2.00 bits per heavy atom. The fourth-order valence-electron chi connectivity index (χ4n) is 1.70. The largest absolute Gasteiger partial charge is 0.504 e. The molecule has 2 rings (SSSR count). The number of benzene rings is 2. The van der Waals surface area contributed by atoms with E-state index in [2.05, 4.69) is 10.5 Å². The molecule has 2 aromatic rings. The first-order valence-electron chi connectivity index (χ1n) is 5.92. The fraction of sp³-hybridized carbons (Fsp3) is 0.133. The number of aromatic hydroxyl groups is 1. The second kappa shape index (κ2) is 5.91. The number of aryl methyl sites for hydroxylation is 1. The number of hydrogen-bond donors (Lipinski definition) is 2. The molecule has 0 aromatic heterocycles. The van der Waals surface area contributed by atoms with Gasteiger partial charge in [0.1, 0.15) is 0 Å². The second-order valence-corrected chi connectivity index (χ2v) is 4.14. The molecule has 0 bridgehead atoms. The van der Waals surface area contributed by atoms with Crippen molar-refractivity contribution in [2.75, 3.05) is 12.5 Å². The van der Waals surface area contributed by atoms with Crippen LogP contribution in [0.25, 0.3) is 0 Å². The van der Waals surface area contributed by atoms with Crippen molar-refractivity contribution in [2.45, 2.75) is 6.92 Å². The third kappa shape index (κ3) is 3.25. The monoisotopic (exact) mass is 256 g/mol. The summed E-state index contributed by atoms with van der Waals surface area (Å²) < 4.78 is 5.03. The van der Waals surface area contributed by atoms with Crippen LogP contribution in [0.15, 0.2) is 47.6 Å². The van der Waals surface area contributed by atoms with Crippen LogP contribution >= 0.6 is 0 Å². The molecule has 0 radical (unpaired) electrons. The van der Waals surface area contributed by atoms with Crippen LogP contribution in [0.4, 0.5) is 5.69 Å². The Labute approximate surface area is 112 Å². The van der Waals surface area contributed by atoms with Crippen molar-refractivity contribution in [3.8, 4) is 11.5 Å². The summed E-state index contributed by atoms with van der Waals surface area (Å²) in [6.45, 7) is 2.02. The highest BCUT2D eigenvalue weighted by Crippen LogP contribution is 2.27. The molecular weight excluding hydrogens is 240 g/mol. The summed E-state index contributed by atoms with van der Waals surface area (Å²) in [5.74, 6) is 0.513. The number of hydrazone groups is 1. The SMILES string of the molecule is COc1cccc(/C=N/Nc2cccc(C)c2)c1O. The third-order valence-corrected chi connectivity index (χ3v) is 2.67. The molecule has 0 fully saturated rings. The van der Waals surface area contributed by atoms with Gasteiger partial charge in [-0.15, -0.1) is 0 Å². The standard InChI is InChI=1S/C15H16N2O2/c1-11-5-3-7-13(9-11)17-16-10-12-6-4-8-14(19-2)15(12)18/h3-10,17-18H,1-2H3/b16-10+. The maximum absolute atomic E-state index is 9.89. The number of nitrogens with one attached hydrogen (secondary N) is 1. The number of anilines is 1. The van der Waals surface area contributed by atoms with Crippen molar-refractivity contribution in [3.63, 3.8) is 0 Å². The normalized spacial score (nSPS) is 10.6. The van der Waals surface area contributed by atoms with Gasteiger partial charge in [-0.05, 0) is 36.8 Å². The van der Waals surface area contributed by atoms with E-state index in [1.165, 1.54) is 7.11 Å². The molecule has 4 nitrogen and oxygen atoms in total. The topological polar surface area (TPSA) is 53.8 Å².